The van der Waals surface area contributed by atoms with Crippen molar-refractivity contribution in [2.24, 2.45) is 5.92 Å². The summed E-state index contributed by atoms with van der Waals surface area (Å²) >= 11 is 0. The van der Waals surface area contributed by atoms with Gasteiger partial charge in [-0.25, -0.2) is 8.78 Å². The fourth-order valence-corrected chi connectivity index (χ4v) is 5.79. The lowest BCUT2D eigenvalue weighted by atomic mass is 9.87. The molecule has 6 nitrogen and oxygen atoms in total. The number of H-pyrrole nitrogens is 1. The Morgan fingerprint density at radius 2 is 1.95 bits per heavy atom. The molecular weight excluding hydrogens is 479 g/mol. The molecule has 1 saturated heterocycles. The maximum absolute atomic E-state index is 15.8. The first kappa shape index (κ1) is 25.6. The van der Waals surface area contributed by atoms with Gasteiger partial charge in [0.2, 0.25) is 0 Å². The highest BCUT2D eigenvalue weighted by molar-refractivity contribution is 5.85. The molecule has 1 fully saturated rings. The van der Waals surface area contributed by atoms with Gasteiger partial charge in [-0.3, -0.25) is 14.2 Å². The van der Waals surface area contributed by atoms with Gasteiger partial charge in [0.1, 0.15) is 11.6 Å². The van der Waals surface area contributed by atoms with Crippen molar-refractivity contribution in [3.63, 3.8) is 0 Å². The number of rotatable bonds is 9. The van der Waals surface area contributed by atoms with Crippen LogP contribution in [0.1, 0.15) is 36.2 Å². The number of alkyl halides is 1. The molecule has 1 aromatic heterocycles. The van der Waals surface area contributed by atoms with Gasteiger partial charge in [-0.15, -0.1) is 0 Å². The van der Waals surface area contributed by atoms with Crippen molar-refractivity contribution in [3.8, 4) is 6.07 Å². The number of aromatic nitrogens is 1. The monoisotopic (exact) mass is 511 g/mol. The van der Waals surface area contributed by atoms with Gasteiger partial charge in [-0.1, -0.05) is 18.2 Å². The van der Waals surface area contributed by atoms with E-state index in [-0.39, 0.29) is 37.5 Å². The molecule has 2 aliphatic rings. The molecule has 0 aliphatic carbocycles. The lowest BCUT2D eigenvalue weighted by Gasteiger charge is -2.42. The minimum Gasteiger partial charge on any atom is -0.395 e. The number of benzene rings is 2. The molecule has 3 N–H and O–H groups in total. The molecule has 3 aromatic rings. The number of fused-ring (bicyclic) bond motifs is 3. The van der Waals surface area contributed by atoms with E-state index in [0.717, 1.165) is 22.2 Å². The second-order valence-corrected chi connectivity index (χ2v) is 10.2. The molecule has 9 heteroatoms. The average Bonchev–Trinajstić information content (AvgIpc) is 3.22. The Kier molecular flexibility index (Phi) is 7.43. The van der Waals surface area contributed by atoms with Gasteiger partial charge in [-0.2, -0.15) is 5.26 Å². The first-order valence-corrected chi connectivity index (χ1v) is 12.8. The zero-order valence-electron chi connectivity index (χ0n) is 20.9. The van der Waals surface area contributed by atoms with E-state index in [2.05, 4.69) is 21.3 Å². The summed E-state index contributed by atoms with van der Waals surface area (Å²) in [7, 11) is 0. The Morgan fingerprint density at radius 1 is 1.22 bits per heavy atom. The summed E-state index contributed by atoms with van der Waals surface area (Å²) in [5.41, 5.74) is 2.93. The van der Waals surface area contributed by atoms with Crippen molar-refractivity contribution in [3.05, 3.63) is 64.9 Å². The predicted molar refractivity (Wildman–Crippen MR) is 137 cm³/mol. The number of hydrogen-bond donors (Lipinski definition) is 3. The normalized spacial score (nSPS) is 21.4. The number of halogens is 3. The molecule has 3 unspecified atom stereocenters. The number of anilines is 1. The second kappa shape index (κ2) is 10.7. The van der Waals surface area contributed by atoms with Crippen LogP contribution < -0.4 is 5.32 Å². The summed E-state index contributed by atoms with van der Waals surface area (Å²) < 4.78 is 43.9. The van der Waals surface area contributed by atoms with Gasteiger partial charge in [0, 0.05) is 60.1 Å². The molecule has 0 radical (unpaired) electrons. The number of nitrogens with zero attached hydrogens (tertiary/aromatic N) is 3. The molecule has 3 atom stereocenters. The molecule has 2 aromatic carbocycles. The first-order valence-electron chi connectivity index (χ1n) is 12.8. The highest BCUT2D eigenvalue weighted by Crippen LogP contribution is 2.43. The maximum Gasteiger partial charge on any atom is 0.133 e. The van der Waals surface area contributed by atoms with Crippen LogP contribution in [0.2, 0.25) is 0 Å². The maximum atomic E-state index is 15.8. The number of hydrogen-bond acceptors (Lipinski definition) is 5. The highest BCUT2D eigenvalue weighted by Gasteiger charge is 2.39. The van der Waals surface area contributed by atoms with E-state index in [1.807, 2.05) is 36.1 Å². The third-order valence-corrected chi connectivity index (χ3v) is 7.64. The van der Waals surface area contributed by atoms with E-state index < -0.39 is 23.6 Å². The van der Waals surface area contributed by atoms with E-state index in [1.54, 1.807) is 0 Å². The molecule has 0 amide bonds. The zero-order valence-corrected chi connectivity index (χ0v) is 20.9. The highest BCUT2D eigenvalue weighted by atomic mass is 19.1. The SMILES string of the molecule is CC1Cc2c([nH]c3ccccc23)C(c2c(F)cc(NC3CN(CCCF)C3)cc2F)N1CC(C#N)CO. The summed E-state index contributed by atoms with van der Waals surface area (Å²) in [5, 5.41) is 23.4. The lowest BCUT2D eigenvalue weighted by molar-refractivity contribution is 0.111. The summed E-state index contributed by atoms with van der Waals surface area (Å²) in [5.74, 6) is -2.01. The Balaban J connectivity index is 1.50. The van der Waals surface area contributed by atoms with Crippen molar-refractivity contribution in [1.29, 1.82) is 5.26 Å². The second-order valence-electron chi connectivity index (χ2n) is 10.2. The minimum absolute atomic E-state index is 0.0525. The van der Waals surface area contributed by atoms with Crippen LogP contribution >= 0.6 is 0 Å². The van der Waals surface area contributed by atoms with Crippen LogP contribution in [0.3, 0.4) is 0 Å². The molecule has 37 heavy (non-hydrogen) atoms. The number of likely N-dealkylation sites (tertiary alicyclic amines) is 1. The van der Waals surface area contributed by atoms with Crippen LogP contribution in [-0.2, 0) is 6.42 Å². The smallest absolute Gasteiger partial charge is 0.133 e. The number of aliphatic hydroxyl groups excluding tert-OH is 1. The van der Waals surface area contributed by atoms with Crippen molar-refractivity contribution in [2.45, 2.75) is 37.9 Å². The Hall–Kier alpha value is -3.06. The van der Waals surface area contributed by atoms with Crippen LogP contribution in [0.5, 0.6) is 0 Å². The summed E-state index contributed by atoms with van der Waals surface area (Å²) in [6, 6.07) is 11.7. The molecular formula is C28H32F3N5O. The van der Waals surface area contributed by atoms with E-state index in [4.69, 9.17) is 0 Å². The van der Waals surface area contributed by atoms with E-state index >= 15 is 8.78 Å². The molecule has 0 bridgehead atoms. The molecule has 0 spiro atoms. The van der Waals surface area contributed by atoms with Crippen LogP contribution in [0, 0.1) is 28.9 Å². The lowest BCUT2D eigenvalue weighted by Crippen LogP contribution is -2.54. The van der Waals surface area contributed by atoms with Gasteiger partial charge in [0.25, 0.3) is 0 Å². The third-order valence-electron chi connectivity index (χ3n) is 7.64. The number of aromatic amines is 1. The fourth-order valence-electron chi connectivity index (χ4n) is 5.79. The average molecular weight is 512 g/mol. The molecule has 2 aliphatic heterocycles. The van der Waals surface area contributed by atoms with Crippen molar-refractivity contribution in [1.82, 2.24) is 14.8 Å². The standard InChI is InChI=1S/C28H32F3N5O/c1-17-9-22-21-5-2-3-6-25(21)34-27(22)28(36(17)13-18(12-32)16-37)26-23(30)10-19(11-24(26)31)33-20-14-35(15-20)8-4-7-29/h2-3,5-6,10-11,17-18,20,28,33-34,37H,4,7-9,13-16H2,1H3. The molecule has 5 rings (SSSR count). The van der Waals surface area contributed by atoms with Crippen LogP contribution in [0.4, 0.5) is 18.9 Å². The van der Waals surface area contributed by atoms with Crippen LogP contribution in [-0.4, -0.2) is 71.4 Å². The van der Waals surface area contributed by atoms with Gasteiger partial charge < -0.3 is 15.4 Å². The van der Waals surface area contributed by atoms with Crippen LogP contribution in [0.25, 0.3) is 10.9 Å². The minimum atomic E-state index is -0.775. The Morgan fingerprint density at radius 3 is 2.62 bits per heavy atom. The predicted octanol–water partition coefficient (Wildman–Crippen LogP) is 4.37. The van der Waals surface area contributed by atoms with Crippen LogP contribution in [0.15, 0.2) is 36.4 Å². The summed E-state index contributed by atoms with van der Waals surface area (Å²) in [6.07, 6.45) is 1.14. The van der Waals surface area contributed by atoms with Gasteiger partial charge in [-0.05, 0) is 43.5 Å². The Labute approximate surface area is 214 Å². The first-order chi connectivity index (χ1) is 17.9. The topological polar surface area (TPSA) is 78.3 Å². The molecule has 3 heterocycles. The van der Waals surface area contributed by atoms with E-state index in [0.29, 0.717) is 38.2 Å². The number of nitrogens with one attached hydrogen (secondary N) is 2. The van der Waals surface area contributed by atoms with Gasteiger partial charge in [0.15, 0.2) is 0 Å². The molecule has 0 saturated carbocycles. The third kappa shape index (κ3) is 4.93. The Bertz CT molecular complexity index is 1280. The molecule has 196 valence electrons. The zero-order chi connectivity index (χ0) is 26.1. The van der Waals surface area contributed by atoms with E-state index in [9.17, 15) is 14.8 Å². The van der Waals surface area contributed by atoms with E-state index in [1.165, 1.54) is 12.1 Å². The van der Waals surface area contributed by atoms with Gasteiger partial charge >= 0.3 is 0 Å². The fraction of sp³-hybridized carbons (Fsp3) is 0.464. The largest absolute Gasteiger partial charge is 0.395 e. The van der Waals surface area contributed by atoms with Gasteiger partial charge in [0.05, 0.1) is 37.4 Å². The number of nitriles is 1. The van der Waals surface area contributed by atoms with Crippen molar-refractivity contribution < 1.29 is 18.3 Å². The quantitative estimate of drug-likeness (QED) is 0.398. The summed E-state index contributed by atoms with van der Waals surface area (Å²) in [6.45, 7) is 3.57. The van der Waals surface area contributed by atoms with Crippen molar-refractivity contribution in [2.75, 3.05) is 44.8 Å². The van der Waals surface area contributed by atoms with Crippen molar-refractivity contribution >= 4 is 16.6 Å². The number of para-hydroxylation sites is 1. The number of aliphatic hydroxyl groups is 1. The summed E-state index contributed by atoms with van der Waals surface area (Å²) in [4.78, 5) is 7.42.